The fraction of sp³-hybridized carbons (Fsp3) is 0.917. The van der Waals surface area contributed by atoms with E-state index in [1.54, 1.807) is 0 Å². The quantitative estimate of drug-likeness (QED) is 0.782. The van der Waals surface area contributed by atoms with Gasteiger partial charge in [-0.05, 0) is 32.1 Å². The highest BCUT2D eigenvalue weighted by atomic mass is 35.5. The Labute approximate surface area is 112 Å². The molecule has 0 aromatic carbocycles. The van der Waals surface area contributed by atoms with Crippen LogP contribution in [-0.4, -0.2) is 40.3 Å². The minimum Gasteiger partial charge on any atom is -0.342 e. The number of nitrogens with one attached hydrogen (secondary N) is 1. The third kappa shape index (κ3) is 2.18. The SMILES string of the molecule is CN(C(=O)C1CC1(Cl)Cl)C1CC2CCC(C1)N2. The molecule has 0 aromatic heterocycles. The Kier molecular flexibility index (Phi) is 2.84. The molecule has 5 heteroatoms. The summed E-state index contributed by atoms with van der Waals surface area (Å²) in [4.78, 5) is 14.1. The third-order valence-corrected chi connectivity index (χ3v) is 5.30. The van der Waals surface area contributed by atoms with Crippen LogP contribution < -0.4 is 5.32 Å². The fourth-order valence-electron chi connectivity index (χ4n) is 3.25. The molecule has 3 atom stereocenters. The van der Waals surface area contributed by atoms with E-state index in [0.717, 1.165) is 12.8 Å². The van der Waals surface area contributed by atoms with Crippen LogP contribution in [0.4, 0.5) is 0 Å². The number of carbonyl (C=O) groups is 1. The molecule has 1 aliphatic carbocycles. The minimum atomic E-state index is -0.794. The largest absolute Gasteiger partial charge is 0.342 e. The molecule has 0 aromatic rings. The lowest BCUT2D eigenvalue weighted by Gasteiger charge is -2.35. The molecule has 2 heterocycles. The zero-order chi connectivity index (χ0) is 12.2. The maximum atomic E-state index is 12.2. The number of amides is 1. The van der Waals surface area contributed by atoms with Crippen molar-refractivity contribution in [1.82, 2.24) is 10.2 Å². The summed E-state index contributed by atoms with van der Waals surface area (Å²) < 4.78 is -0.794. The lowest BCUT2D eigenvalue weighted by molar-refractivity contribution is -0.134. The molecule has 1 amide bonds. The highest BCUT2D eigenvalue weighted by Crippen LogP contribution is 2.54. The monoisotopic (exact) mass is 276 g/mol. The molecule has 0 radical (unpaired) electrons. The molecular formula is C12H18Cl2N2O. The average molecular weight is 277 g/mol. The van der Waals surface area contributed by atoms with Gasteiger partial charge < -0.3 is 10.2 Å². The maximum Gasteiger partial charge on any atom is 0.228 e. The minimum absolute atomic E-state index is 0.126. The third-order valence-electron chi connectivity index (χ3n) is 4.47. The number of rotatable bonds is 2. The molecule has 3 fully saturated rings. The summed E-state index contributed by atoms with van der Waals surface area (Å²) in [5, 5.41) is 3.59. The van der Waals surface area contributed by atoms with E-state index < -0.39 is 4.33 Å². The Balaban J connectivity index is 1.63. The molecule has 3 aliphatic rings. The summed E-state index contributed by atoms with van der Waals surface area (Å²) in [6, 6.07) is 1.57. The Morgan fingerprint density at radius 3 is 2.29 bits per heavy atom. The fourth-order valence-corrected chi connectivity index (χ4v) is 3.75. The van der Waals surface area contributed by atoms with Gasteiger partial charge in [-0.25, -0.2) is 0 Å². The van der Waals surface area contributed by atoms with Crippen molar-refractivity contribution in [2.45, 2.75) is 54.6 Å². The Hall–Kier alpha value is 0.01000. The molecule has 2 saturated heterocycles. The first-order valence-corrected chi connectivity index (χ1v) is 7.13. The van der Waals surface area contributed by atoms with Crippen molar-refractivity contribution in [2.24, 2.45) is 5.92 Å². The topological polar surface area (TPSA) is 32.3 Å². The van der Waals surface area contributed by atoms with Crippen molar-refractivity contribution >= 4 is 29.1 Å². The molecular weight excluding hydrogens is 259 g/mol. The Morgan fingerprint density at radius 1 is 1.29 bits per heavy atom. The molecule has 3 unspecified atom stereocenters. The van der Waals surface area contributed by atoms with Crippen molar-refractivity contribution in [1.29, 1.82) is 0 Å². The van der Waals surface area contributed by atoms with Crippen molar-refractivity contribution in [3.8, 4) is 0 Å². The van der Waals surface area contributed by atoms with Crippen LogP contribution in [-0.2, 0) is 4.79 Å². The summed E-state index contributed by atoms with van der Waals surface area (Å²) in [6.45, 7) is 0. The zero-order valence-corrected chi connectivity index (χ0v) is 11.5. The molecule has 1 saturated carbocycles. The highest BCUT2D eigenvalue weighted by Gasteiger charge is 2.57. The number of halogens is 2. The molecule has 3 nitrogen and oxygen atoms in total. The van der Waals surface area contributed by atoms with Gasteiger partial charge in [0.15, 0.2) is 0 Å². The van der Waals surface area contributed by atoms with Crippen LogP contribution in [0.25, 0.3) is 0 Å². The molecule has 1 N–H and O–H groups in total. The van der Waals surface area contributed by atoms with E-state index in [-0.39, 0.29) is 11.8 Å². The number of carbonyl (C=O) groups excluding carboxylic acids is 1. The van der Waals surface area contributed by atoms with E-state index in [1.165, 1.54) is 12.8 Å². The normalized spacial score (nSPS) is 42.3. The van der Waals surface area contributed by atoms with E-state index in [4.69, 9.17) is 23.2 Å². The van der Waals surface area contributed by atoms with Gasteiger partial charge in [0, 0.05) is 25.2 Å². The summed E-state index contributed by atoms with van der Waals surface area (Å²) in [7, 11) is 1.90. The van der Waals surface area contributed by atoms with E-state index >= 15 is 0 Å². The number of piperidine rings is 1. The molecule has 2 aliphatic heterocycles. The predicted molar refractivity (Wildman–Crippen MR) is 68.3 cm³/mol. The van der Waals surface area contributed by atoms with Crippen LogP contribution in [0, 0.1) is 5.92 Å². The first kappa shape index (κ1) is 12.1. The summed E-state index contributed by atoms with van der Waals surface area (Å²) in [5.41, 5.74) is 0. The number of hydrogen-bond donors (Lipinski definition) is 1. The van der Waals surface area contributed by atoms with Gasteiger partial charge in [0.05, 0.1) is 5.92 Å². The van der Waals surface area contributed by atoms with Crippen LogP contribution >= 0.6 is 23.2 Å². The van der Waals surface area contributed by atoms with Gasteiger partial charge in [-0.3, -0.25) is 4.79 Å². The van der Waals surface area contributed by atoms with Crippen molar-refractivity contribution < 1.29 is 4.79 Å². The number of fused-ring (bicyclic) bond motifs is 2. The number of alkyl halides is 2. The molecule has 0 spiro atoms. The maximum absolute atomic E-state index is 12.2. The van der Waals surface area contributed by atoms with Crippen molar-refractivity contribution in [3.63, 3.8) is 0 Å². The van der Waals surface area contributed by atoms with Gasteiger partial charge in [0.1, 0.15) is 4.33 Å². The lowest BCUT2D eigenvalue weighted by Crippen LogP contribution is -2.49. The van der Waals surface area contributed by atoms with Crippen LogP contribution in [0.3, 0.4) is 0 Å². The van der Waals surface area contributed by atoms with E-state index in [1.807, 2.05) is 11.9 Å². The van der Waals surface area contributed by atoms with E-state index in [9.17, 15) is 4.79 Å². The van der Waals surface area contributed by atoms with Crippen LogP contribution in [0.2, 0.25) is 0 Å². The van der Waals surface area contributed by atoms with Gasteiger partial charge in [0.2, 0.25) is 5.91 Å². The second-order valence-electron chi connectivity index (χ2n) is 5.73. The zero-order valence-electron chi connectivity index (χ0n) is 9.96. The Morgan fingerprint density at radius 2 is 1.82 bits per heavy atom. The first-order valence-electron chi connectivity index (χ1n) is 6.38. The van der Waals surface area contributed by atoms with Gasteiger partial charge in [0.25, 0.3) is 0 Å². The molecule has 3 rings (SSSR count). The Bertz CT molecular complexity index is 335. The van der Waals surface area contributed by atoms with Crippen molar-refractivity contribution in [3.05, 3.63) is 0 Å². The summed E-state index contributed by atoms with van der Waals surface area (Å²) in [6.07, 6.45) is 5.26. The van der Waals surface area contributed by atoms with Gasteiger partial charge in [-0.2, -0.15) is 0 Å². The van der Waals surface area contributed by atoms with Gasteiger partial charge in [-0.15, -0.1) is 23.2 Å². The molecule has 2 bridgehead atoms. The first-order chi connectivity index (χ1) is 7.97. The summed E-state index contributed by atoms with van der Waals surface area (Å²) >= 11 is 11.9. The smallest absolute Gasteiger partial charge is 0.228 e. The van der Waals surface area contributed by atoms with Crippen LogP contribution in [0.5, 0.6) is 0 Å². The van der Waals surface area contributed by atoms with Crippen molar-refractivity contribution in [2.75, 3.05) is 7.05 Å². The number of nitrogens with zero attached hydrogens (tertiary/aromatic N) is 1. The highest BCUT2D eigenvalue weighted by molar-refractivity contribution is 6.52. The lowest BCUT2D eigenvalue weighted by atomic mass is 9.98. The predicted octanol–water partition coefficient (Wildman–Crippen LogP) is 1.92. The van der Waals surface area contributed by atoms with E-state index in [0.29, 0.717) is 24.5 Å². The number of hydrogen-bond acceptors (Lipinski definition) is 2. The van der Waals surface area contributed by atoms with Gasteiger partial charge in [-0.1, -0.05) is 0 Å². The van der Waals surface area contributed by atoms with E-state index in [2.05, 4.69) is 5.32 Å². The van der Waals surface area contributed by atoms with Gasteiger partial charge >= 0.3 is 0 Å². The van der Waals surface area contributed by atoms with Crippen LogP contribution in [0.15, 0.2) is 0 Å². The second-order valence-corrected chi connectivity index (χ2v) is 7.27. The summed E-state index contributed by atoms with van der Waals surface area (Å²) in [5.74, 6) is -0.0512. The second kappa shape index (κ2) is 4.01. The molecule has 17 heavy (non-hydrogen) atoms. The standard InChI is InChI=1S/C12H18Cl2N2O/c1-16(11(17)10-6-12(10,13)14)9-4-7-2-3-8(5-9)15-7/h7-10,15H,2-6H2,1H3. The average Bonchev–Trinajstić information content (AvgIpc) is 2.80. The molecule has 96 valence electrons. The van der Waals surface area contributed by atoms with Crippen LogP contribution in [0.1, 0.15) is 32.1 Å².